The van der Waals surface area contributed by atoms with E-state index in [-0.39, 0.29) is 12.0 Å². The number of likely N-dealkylation sites (tertiary alicyclic amines) is 1. The van der Waals surface area contributed by atoms with Crippen molar-refractivity contribution in [2.75, 3.05) is 13.1 Å². The lowest BCUT2D eigenvalue weighted by Gasteiger charge is -2.31. The first kappa shape index (κ1) is 14.5. The summed E-state index contributed by atoms with van der Waals surface area (Å²) in [6.07, 6.45) is 5.12. The van der Waals surface area contributed by atoms with Gasteiger partial charge < -0.3 is 9.64 Å². The maximum absolute atomic E-state index is 12.3. The largest absolute Gasteiger partial charge is 0.489 e. The fourth-order valence-electron chi connectivity index (χ4n) is 2.50. The van der Waals surface area contributed by atoms with Crippen molar-refractivity contribution in [1.29, 1.82) is 0 Å². The zero-order valence-electron chi connectivity index (χ0n) is 12.8. The van der Waals surface area contributed by atoms with Crippen LogP contribution in [0.15, 0.2) is 24.5 Å². The van der Waals surface area contributed by atoms with E-state index in [2.05, 4.69) is 15.3 Å². The molecule has 0 aromatic carbocycles. The van der Waals surface area contributed by atoms with Crippen molar-refractivity contribution in [2.45, 2.75) is 25.9 Å². The summed E-state index contributed by atoms with van der Waals surface area (Å²) >= 11 is 0. The Labute approximate surface area is 128 Å². The topological polar surface area (TPSA) is 73.1 Å². The van der Waals surface area contributed by atoms with Gasteiger partial charge in [-0.2, -0.15) is 0 Å². The van der Waals surface area contributed by atoms with Crippen LogP contribution < -0.4 is 4.74 Å². The number of hydrogen-bond donors (Lipinski definition) is 0. The molecule has 0 N–H and O–H groups in total. The standard InChI is InChI=1S/C15H19N5O2/c1-11-3-4-13(9-16-11)22-12-5-7-20(8-6-12)15(21)14-10-19(2)18-17-14/h3-4,9-10,12H,5-8H2,1-2H3. The van der Waals surface area contributed by atoms with E-state index in [0.29, 0.717) is 18.8 Å². The summed E-state index contributed by atoms with van der Waals surface area (Å²) in [5, 5.41) is 7.67. The van der Waals surface area contributed by atoms with Gasteiger partial charge >= 0.3 is 0 Å². The van der Waals surface area contributed by atoms with E-state index in [0.717, 1.165) is 24.3 Å². The summed E-state index contributed by atoms with van der Waals surface area (Å²) < 4.78 is 7.45. The van der Waals surface area contributed by atoms with E-state index in [1.54, 1.807) is 24.3 Å². The maximum atomic E-state index is 12.3. The number of nitrogens with zero attached hydrogens (tertiary/aromatic N) is 5. The minimum Gasteiger partial charge on any atom is -0.489 e. The Balaban J connectivity index is 1.54. The van der Waals surface area contributed by atoms with Crippen molar-refractivity contribution in [1.82, 2.24) is 24.9 Å². The third-order valence-electron chi connectivity index (χ3n) is 3.74. The Bertz CT molecular complexity index is 644. The summed E-state index contributed by atoms with van der Waals surface area (Å²) in [5.74, 6) is 0.716. The zero-order valence-corrected chi connectivity index (χ0v) is 12.8. The van der Waals surface area contributed by atoms with Gasteiger partial charge in [-0.25, -0.2) is 0 Å². The van der Waals surface area contributed by atoms with Crippen molar-refractivity contribution in [3.63, 3.8) is 0 Å². The van der Waals surface area contributed by atoms with Gasteiger partial charge in [0.1, 0.15) is 11.9 Å². The molecule has 0 atom stereocenters. The molecule has 1 amide bonds. The molecule has 1 saturated heterocycles. The predicted molar refractivity (Wildman–Crippen MR) is 79.5 cm³/mol. The molecule has 2 aromatic heterocycles. The Hall–Kier alpha value is -2.44. The monoisotopic (exact) mass is 301 g/mol. The van der Waals surface area contributed by atoms with Crippen LogP contribution in [-0.4, -0.2) is 50.0 Å². The molecule has 1 aliphatic rings. The Morgan fingerprint density at radius 2 is 2.09 bits per heavy atom. The highest BCUT2D eigenvalue weighted by molar-refractivity contribution is 5.91. The first-order valence-corrected chi connectivity index (χ1v) is 7.37. The highest BCUT2D eigenvalue weighted by atomic mass is 16.5. The number of hydrogen-bond acceptors (Lipinski definition) is 5. The van der Waals surface area contributed by atoms with Gasteiger partial charge in [-0.1, -0.05) is 5.21 Å². The second-order valence-corrected chi connectivity index (χ2v) is 5.52. The van der Waals surface area contributed by atoms with Crippen molar-refractivity contribution < 1.29 is 9.53 Å². The van der Waals surface area contributed by atoms with Crippen molar-refractivity contribution in [2.24, 2.45) is 7.05 Å². The minimum absolute atomic E-state index is 0.0662. The Kier molecular flexibility index (Phi) is 4.04. The van der Waals surface area contributed by atoms with Crippen LogP contribution in [0.2, 0.25) is 0 Å². The molecule has 0 spiro atoms. The molecule has 1 aliphatic heterocycles. The van der Waals surface area contributed by atoms with Crippen LogP contribution in [0.3, 0.4) is 0 Å². The van der Waals surface area contributed by atoms with Gasteiger partial charge in [0.05, 0.1) is 12.4 Å². The molecular formula is C15H19N5O2. The van der Waals surface area contributed by atoms with Crippen molar-refractivity contribution in [3.05, 3.63) is 35.9 Å². The fraction of sp³-hybridized carbons (Fsp3) is 0.467. The number of pyridine rings is 1. The van der Waals surface area contributed by atoms with Crippen molar-refractivity contribution in [3.8, 4) is 5.75 Å². The van der Waals surface area contributed by atoms with Crippen LogP contribution in [0.1, 0.15) is 29.0 Å². The number of aromatic nitrogens is 4. The predicted octanol–water partition coefficient (Wildman–Crippen LogP) is 1.20. The van der Waals surface area contributed by atoms with Crippen LogP contribution in [0.25, 0.3) is 0 Å². The second-order valence-electron chi connectivity index (χ2n) is 5.52. The van der Waals surface area contributed by atoms with E-state index < -0.39 is 0 Å². The molecule has 0 bridgehead atoms. The molecule has 7 nitrogen and oxygen atoms in total. The van der Waals surface area contributed by atoms with Crippen LogP contribution in [0, 0.1) is 6.92 Å². The molecule has 22 heavy (non-hydrogen) atoms. The van der Waals surface area contributed by atoms with E-state index in [1.807, 2.05) is 19.1 Å². The molecule has 3 rings (SSSR count). The fourth-order valence-corrected chi connectivity index (χ4v) is 2.50. The Morgan fingerprint density at radius 1 is 1.32 bits per heavy atom. The van der Waals surface area contributed by atoms with Crippen LogP contribution in [-0.2, 0) is 7.05 Å². The number of aryl methyl sites for hydroxylation is 2. The number of carbonyl (C=O) groups excluding carboxylic acids is 1. The average Bonchev–Trinajstić information content (AvgIpc) is 2.96. The molecule has 116 valence electrons. The average molecular weight is 301 g/mol. The normalized spacial score (nSPS) is 15.8. The number of ether oxygens (including phenoxy) is 1. The number of piperidine rings is 1. The van der Waals surface area contributed by atoms with Gasteiger partial charge in [0.15, 0.2) is 5.69 Å². The summed E-state index contributed by atoms with van der Waals surface area (Å²) in [7, 11) is 1.75. The summed E-state index contributed by atoms with van der Waals surface area (Å²) in [4.78, 5) is 18.3. The van der Waals surface area contributed by atoms with Gasteiger partial charge in [0.25, 0.3) is 5.91 Å². The lowest BCUT2D eigenvalue weighted by Crippen LogP contribution is -2.42. The van der Waals surface area contributed by atoms with Crippen LogP contribution in [0.5, 0.6) is 5.75 Å². The first-order valence-electron chi connectivity index (χ1n) is 7.37. The van der Waals surface area contributed by atoms with Gasteiger partial charge in [-0.3, -0.25) is 14.5 Å². The second kappa shape index (κ2) is 6.13. The molecular weight excluding hydrogens is 282 g/mol. The third-order valence-corrected chi connectivity index (χ3v) is 3.74. The minimum atomic E-state index is -0.0662. The number of carbonyl (C=O) groups is 1. The highest BCUT2D eigenvalue weighted by Crippen LogP contribution is 2.19. The lowest BCUT2D eigenvalue weighted by molar-refractivity contribution is 0.0589. The highest BCUT2D eigenvalue weighted by Gasteiger charge is 2.26. The lowest BCUT2D eigenvalue weighted by atomic mass is 10.1. The van der Waals surface area contributed by atoms with E-state index in [9.17, 15) is 4.79 Å². The molecule has 0 saturated carbocycles. The van der Waals surface area contributed by atoms with Gasteiger partial charge in [0.2, 0.25) is 0 Å². The van der Waals surface area contributed by atoms with E-state index in [4.69, 9.17) is 4.74 Å². The molecule has 3 heterocycles. The zero-order chi connectivity index (χ0) is 15.5. The molecule has 0 aliphatic carbocycles. The molecule has 2 aromatic rings. The quantitative estimate of drug-likeness (QED) is 0.852. The summed E-state index contributed by atoms with van der Waals surface area (Å²) in [6, 6.07) is 3.86. The van der Waals surface area contributed by atoms with E-state index in [1.165, 1.54) is 4.68 Å². The number of rotatable bonds is 3. The maximum Gasteiger partial charge on any atom is 0.276 e. The summed E-state index contributed by atoms with van der Waals surface area (Å²) in [6.45, 7) is 3.28. The van der Waals surface area contributed by atoms with Gasteiger partial charge in [-0.15, -0.1) is 5.10 Å². The smallest absolute Gasteiger partial charge is 0.276 e. The van der Waals surface area contributed by atoms with Gasteiger partial charge in [-0.05, 0) is 19.1 Å². The third kappa shape index (κ3) is 3.24. The van der Waals surface area contributed by atoms with Crippen LogP contribution >= 0.6 is 0 Å². The first-order chi connectivity index (χ1) is 10.6. The molecule has 1 fully saturated rings. The Morgan fingerprint density at radius 3 is 2.68 bits per heavy atom. The van der Waals surface area contributed by atoms with Gasteiger partial charge in [0, 0.05) is 38.7 Å². The summed E-state index contributed by atoms with van der Waals surface area (Å²) in [5.41, 5.74) is 1.36. The SMILES string of the molecule is Cc1ccc(OC2CCN(C(=O)c3cn(C)nn3)CC2)cn1. The van der Waals surface area contributed by atoms with E-state index >= 15 is 0 Å². The molecule has 0 radical (unpaired) electrons. The van der Waals surface area contributed by atoms with Crippen molar-refractivity contribution >= 4 is 5.91 Å². The molecule has 0 unspecified atom stereocenters. The van der Waals surface area contributed by atoms with Crippen LogP contribution in [0.4, 0.5) is 0 Å². The molecule has 7 heteroatoms. The number of amides is 1.